The average molecular weight is 457 g/mol. The second-order valence-corrected chi connectivity index (χ2v) is 9.91. The third kappa shape index (κ3) is 5.63. The summed E-state index contributed by atoms with van der Waals surface area (Å²) in [6, 6.07) is 12.0. The number of hydrogen-bond donors (Lipinski definition) is 2. The molecule has 0 aromatic heterocycles. The van der Waals surface area contributed by atoms with E-state index in [4.69, 9.17) is 23.2 Å². The highest BCUT2D eigenvalue weighted by atomic mass is 35.5. The lowest BCUT2D eigenvalue weighted by atomic mass is 10.1. The molecule has 2 aromatic carbocycles. The van der Waals surface area contributed by atoms with Gasteiger partial charge in [-0.1, -0.05) is 53.5 Å². The number of nitrogens with zero attached hydrogens (tertiary/aromatic N) is 1. The van der Waals surface area contributed by atoms with Crippen LogP contribution in [0.2, 0.25) is 10.0 Å². The number of carbonyl (C=O) groups is 1. The van der Waals surface area contributed by atoms with E-state index in [2.05, 4.69) is 5.32 Å². The van der Waals surface area contributed by atoms with E-state index in [9.17, 15) is 18.3 Å². The first-order chi connectivity index (χ1) is 13.8. The van der Waals surface area contributed by atoms with Crippen LogP contribution in [-0.4, -0.2) is 48.6 Å². The van der Waals surface area contributed by atoms with Crippen LogP contribution in [0.3, 0.4) is 0 Å². The molecule has 29 heavy (non-hydrogen) atoms. The van der Waals surface area contributed by atoms with Crippen molar-refractivity contribution in [2.24, 2.45) is 0 Å². The lowest BCUT2D eigenvalue weighted by Crippen LogP contribution is -2.47. The highest BCUT2D eigenvalue weighted by Crippen LogP contribution is 2.31. The normalized spacial score (nSPS) is 15.9. The van der Waals surface area contributed by atoms with Gasteiger partial charge in [-0.25, -0.2) is 12.7 Å². The Morgan fingerprint density at radius 2 is 1.79 bits per heavy atom. The minimum atomic E-state index is -3.36. The van der Waals surface area contributed by atoms with Crippen molar-refractivity contribution in [1.82, 2.24) is 9.62 Å². The number of carbonyl (C=O) groups excluding carboxylic acids is 1. The number of piperidine rings is 1. The van der Waals surface area contributed by atoms with Gasteiger partial charge in [0.05, 0.1) is 16.3 Å². The number of aryl methyl sites for hydroxylation is 1. The molecule has 1 fully saturated rings. The number of hydrogen-bond acceptors (Lipinski definition) is 4. The average Bonchev–Trinajstić information content (AvgIpc) is 2.70. The van der Waals surface area contributed by atoms with E-state index in [0.717, 1.165) is 5.56 Å². The standard InChI is InChI=1S/C20H22Cl2N2O4S/c21-15-12-17(19(25)18(22)13-15)20(26)23-16-6-9-24(10-7-16)29(27,28)11-8-14-4-2-1-3-5-14/h1-5,12-13,16,25H,6-11H2,(H,23,26). The van der Waals surface area contributed by atoms with E-state index in [1.54, 1.807) is 0 Å². The van der Waals surface area contributed by atoms with Crippen LogP contribution in [0.1, 0.15) is 28.8 Å². The lowest BCUT2D eigenvalue weighted by molar-refractivity contribution is 0.0921. The number of amides is 1. The predicted molar refractivity (Wildman–Crippen MR) is 114 cm³/mol. The molecule has 0 aliphatic carbocycles. The minimum Gasteiger partial charge on any atom is -0.506 e. The van der Waals surface area contributed by atoms with Gasteiger partial charge in [0.2, 0.25) is 10.0 Å². The molecule has 0 bridgehead atoms. The molecular weight excluding hydrogens is 435 g/mol. The number of halogens is 2. The highest BCUT2D eigenvalue weighted by molar-refractivity contribution is 7.89. The fourth-order valence-electron chi connectivity index (χ4n) is 3.30. The molecule has 0 atom stereocenters. The maximum atomic E-state index is 12.6. The number of phenols is 1. The van der Waals surface area contributed by atoms with Gasteiger partial charge in [0.25, 0.3) is 5.91 Å². The molecule has 156 valence electrons. The van der Waals surface area contributed by atoms with Gasteiger partial charge in [0, 0.05) is 24.2 Å². The summed E-state index contributed by atoms with van der Waals surface area (Å²) in [5.41, 5.74) is 0.985. The van der Waals surface area contributed by atoms with Crippen molar-refractivity contribution in [3.63, 3.8) is 0 Å². The molecule has 2 aromatic rings. The van der Waals surface area contributed by atoms with Crippen LogP contribution in [0.4, 0.5) is 0 Å². The summed E-state index contributed by atoms with van der Waals surface area (Å²) in [7, 11) is -3.36. The number of nitrogens with one attached hydrogen (secondary N) is 1. The summed E-state index contributed by atoms with van der Waals surface area (Å²) in [5, 5.41) is 13.1. The molecular formula is C20H22Cl2N2O4S. The Morgan fingerprint density at radius 1 is 1.14 bits per heavy atom. The maximum absolute atomic E-state index is 12.6. The van der Waals surface area contributed by atoms with Gasteiger partial charge < -0.3 is 10.4 Å². The van der Waals surface area contributed by atoms with E-state index in [1.165, 1.54) is 16.4 Å². The van der Waals surface area contributed by atoms with Gasteiger partial charge >= 0.3 is 0 Å². The Bertz CT molecular complexity index is 975. The quantitative estimate of drug-likeness (QED) is 0.696. The van der Waals surface area contributed by atoms with Gasteiger partial charge in [-0.05, 0) is 37.0 Å². The van der Waals surface area contributed by atoms with Gasteiger partial charge in [-0.3, -0.25) is 4.79 Å². The number of benzene rings is 2. The van der Waals surface area contributed by atoms with Gasteiger partial charge in [0.1, 0.15) is 5.75 Å². The highest BCUT2D eigenvalue weighted by Gasteiger charge is 2.29. The molecule has 0 unspecified atom stereocenters. The molecule has 6 nitrogen and oxygen atoms in total. The van der Waals surface area contributed by atoms with Crippen LogP contribution < -0.4 is 5.32 Å². The first-order valence-electron chi connectivity index (χ1n) is 9.27. The number of aromatic hydroxyl groups is 1. The largest absolute Gasteiger partial charge is 0.506 e. The monoisotopic (exact) mass is 456 g/mol. The topological polar surface area (TPSA) is 86.7 Å². The van der Waals surface area contributed by atoms with Crippen LogP contribution in [0.25, 0.3) is 0 Å². The van der Waals surface area contributed by atoms with Crippen molar-refractivity contribution < 1.29 is 18.3 Å². The van der Waals surface area contributed by atoms with Crippen molar-refractivity contribution >= 4 is 39.1 Å². The Kier molecular flexibility index (Phi) is 7.05. The summed E-state index contributed by atoms with van der Waals surface area (Å²) < 4.78 is 26.7. The molecule has 0 saturated carbocycles. The van der Waals surface area contributed by atoms with Crippen molar-refractivity contribution in [2.75, 3.05) is 18.8 Å². The van der Waals surface area contributed by atoms with Gasteiger partial charge in [0.15, 0.2) is 0 Å². The maximum Gasteiger partial charge on any atom is 0.255 e. The van der Waals surface area contributed by atoms with E-state index in [1.807, 2.05) is 30.3 Å². The zero-order chi connectivity index (χ0) is 21.0. The molecule has 0 spiro atoms. The molecule has 2 N–H and O–H groups in total. The number of rotatable bonds is 6. The first kappa shape index (κ1) is 21.9. The fraction of sp³-hybridized carbons (Fsp3) is 0.350. The Morgan fingerprint density at radius 3 is 2.45 bits per heavy atom. The van der Waals surface area contributed by atoms with Crippen LogP contribution in [0.5, 0.6) is 5.75 Å². The van der Waals surface area contributed by atoms with Crippen molar-refractivity contribution in [3.8, 4) is 5.75 Å². The van der Waals surface area contributed by atoms with Crippen molar-refractivity contribution in [3.05, 3.63) is 63.6 Å². The molecule has 1 aliphatic rings. The van der Waals surface area contributed by atoms with Gasteiger partial charge in [-0.15, -0.1) is 0 Å². The number of sulfonamides is 1. The summed E-state index contributed by atoms with van der Waals surface area (Å²) >= 11 is 11.8. The minimum absolute atomic E-state index is 0.000382. The molecule has 1 saturated heterocycles. The Balaban J connectivity index is 1.54. The zero-order valence-corrected chi connectivity index (χ0v) is 18.0. The summed E-state index contributed by atoms with van der Waals surface area (Å²) in [6.07, 6.45) is 1.45. The van der Waals surface area contributed by atoms with Crippen molar-refractivity contribution in [2.45, 2.75) is 25.3 Å². The van der Waals surface area contributed by atoms with E-state index >= 15 is 0 Å². The van der Waals surface area contributed by atoms with Crippen LogP contribution in [0, 0.1) is 0 Å². The van der Waals surface area contributed by atoms with Gasteiger partial charge in [-0.2, -0.15) is 0 Å². The second-order valence-electron chi connectivity index (χ2n) is 6.98. The van der Waals surface area contributed by atoms with E-state index in [-0.39, 0.29) is 33.2 Å². The molecule has 1 amide bonds. The predicted octanol–water partition coefficient (Wildman–Crippen LogP) is 3.47. The summed E-state index contributed by atoms with van der Waals surface area (Å²) in [5.74, 6) is -0.755. The second kappa shape index (κ2) is 9.34. The van der Waals surface area contributed by atoms with Crippen LogP contribution >= 0.6 is 23.2 Å². The summed E-state index contributed by atoms with van der Waals surface area (Å²) in [4.78, 5) is 12.5. The molecule has 0 radical (unpaired) electrons. The molecule has 3 rings (SSSR count). The smallest absolute Gasteiger partial charge is 0.255 e. The molecule has 1 aliphatic heterocycles. The molecule has 1 heterocycles. The summed E-state index contributed by atoms with van der Waals surface area (Å²) in [6.45, 7) is 0.675. The first-order valence-corrected chi connectivity index (χ1v) is 11.6. The third-order valence-electron chi connectivity index (χ3n) is 4.95. The Hall–Kier alpha value is -1.80. The SMILES string of the molecule is O=C(NC1CCN(S(=O)(=O)CCc2ccccc2)CC1)c1cc(Cl)cc(Cl)c1O. The van der Waals surface area contributed by atoms with Crippen molar-refractivity contribution in [1.29, 1.82) is 0 Å². The van der Waals surface area contributed by atoms with E-state index < -0.39 is 15.9 Å². The Labute approximate surface area is 180 Å². The fourth-order valence-corrected chi connectivity index (χ4v) is 5.31. The number of phenolic OH excluding ortho intramolecular Hbond substituents is 1. The zero-order valence-electron chi connectivity index (χ0n) is 15.6. The lowest BCUT2D eigenvalue weighted by Gasteiger charge is -2.31. The molecule has 9 heteroatoms. The third-order valence-corrected chi connectivity index (χ3v) is 7.33. The van der Waals surface area contributed by atoms with Crippen LogP contribution in [0.15, 0.2) is 42.5 Å². The van der Waals surface area contributed by atoms with E-state index in [0.29, 0.717) is 32.4 Å². The van der Waals surface area contributed by atoms with Crippen LogP contribution in [-0.2, 0) is 16.4 Å².